The number of ether oxygens (including phenoxy) is 2. The Hall–Kier alpha value is -1.75. The monoisotopic (exact) mass is 264 g/mol. The summed E-state index contributed by atoms with van der Waals surface area (Å²) in [4.78, 5) is 14.5. The summed E-state index contributed by atoms with van der Waals surface area (Å²) < 4.78 is 10.6. The maximum atomic E-state index is 12.6. The summed E-state index contributed by atoms with van der Waals surface area (Å²) in [6.45, 7) is 4.39. The zero-order valence-electron chi connectivity index (χ0n) is 11.6. The summed E-state index contributed by atoms with van der Waals surface area (Å²) in [7, 11) is 3.12. The molecule has 0 saturated carbocycles. The van der Waals surface area contributed by atoms with Gasteiger partial charge in [-0.1, -0.05) is 6.07 Å². The maximum Gasteiger partial charge on any atom is 0.258 e. The molecule has 1 amide bonds. The Morgan fingerprint density at radius 1 is 1.37 bits per heavy atom. The molecule has 1 aromatic rings. The molecule has 1 aliphatic heterocycles. The quantitative estimate of drug-likeness (QED) is 0.889. The van der Waals surface area contributed by atoms with E-state index in [1.54, 1.807) is 32.4 Å². The summed E-state index contributed by atoms with van der Waals surface area (Å²) in [6, 6.07) is 5.55. The Morgan fingerprint density at radius 3 is 2.79 bits per heavy atom. The van der Waals surface area contributed by atoms with Gasteiger partial charge in [0.2, 0.25) is 0 Å². The third-order valence-electron chi connectivity index (χ3n) is 3.40. The van der Waals surface area contributed by atoms with Crippen LogP contribution in [0.15, 0.2) is 18.2 Å². The number of hydrogen-bond donors (Lipinski definition) is 1. The van der Waals surface area contributed by atoms with Crippen LogP contribution in [-0.4, -0.2) is 50.7 Å². The number of amides is 1. The molecule has 1 heterocycles. The van der Waals surface area contributed by atoms with E-state index in [4.69, 9.17) is 9.47 Å². The number of benzene rings is 1. The predicted molar refractivity (Wildman–Crippen MR) is 72.9 cm³/mol. The van der Waals surface area contributed by atoms with Crippen LogP contribution in [-0.2, 0) is 0 Å². The minimum Gasteiger partial charge on any atom is -0.493 e. The molecule has 0 bridgehead atoms. The number of rotatable bonds is 3. The standard InChI is InChI=1S/C14H20N2O3/c1-10-9-15-7-8-16(10)14(17)11-5-4-6-12(18-2)13(11)19-3/h4-6,10,15H,7-9H2,1-3H3. The SMILES string of the molecule is COc1cccc(C(=O)N2CCNCC2C)c1OC. The Labute approximate surface area is 113 Å². The number of para-hydroxylation sites is 1. The van der Waals surface area contributed by atoms with Gasteiger partial charge in [-0.25, -0.2) is 0 Å². The van der Waals surface area contributed by atoms with Crippen LogP contribution in [0.25, 0.3) is 0 Å². The lowest BCUT2D eigenvalue weighted by Gasteiger charge is -2.34. The lowest BCUT2D eigenvalue weighted by atomic mass is 10.1. The molecule has 1 saturated heterocycles. The summed E-state index contributed by atoms with van der Waals surface area (Å²) in [5, 5.41) is 3.27. The van der Waals surface area contributed by atoms with Crippen LogP contribution in [0.3, 0.4) is 0 Å². The van der Waals surface area contributed by atoms with E-state index in [1.807, 2.05) is 11.8 Å². The van der Waals surface area contributed by atoms with Gasteiger partial charge in [-0.2, -0.15) is 0 Å². The molecule has 19 heavy (non-hydrogen) atoms. The second-order valence-electron chi connectivity index (χ2n) is 4.59. The molecule has 1 aromatic carbocycles. The highest BCUT2D eigenvalue weighted by molar-refractivity contribution is 5.98. The number of nitrogens with zero attached hydrogens (tertiary/aromatic N) is 1. The zero-order chi connectivity index (χ0) is 13.8. The fraction of sp³-hybridized carbons (Fsp3) is 0.500. The molecule has 0 spiro atoms. The molecule has 5 nitrogen and oxygen atoms in total. The molecule has 104 valence electrons. The van der Waals surface area contributed by atoms with Gasteiger partial charge >= 0.3 is 0 Å². The van der Waals surface area contributed by atoms with Crippen molar-refractivity contribution in [3.8, 4) is 11.5 Å². The minimum atomic E-state index is -0.00949. The molecule has 1 fully saturated rings. The normalized spacial score (nSPS) is 19.1. The van der Waals surface area contributed by atoms with Gasteiger partial charge < -0.3 is 19.7 Å². The van der Waals surface area contributed by atoms with Crippen molar-refractivity contribution in [1.82, 2.24) is 10.2 Å². The fourth-order valence-corrected chi connectivity index (χ4v) is 2.35. The number of hydrogen-bond acceptors (Lipinski definition) is 4. The van der Waals surface area contributed by atoms with Crippen LogP contribution < -0.4 is 14.8 Å². The van der Waals surface area contributed by atoms with Crippen molar-refractivity contribution in [2.45, 2.75) is 13.0 Å². The van der Waals surface area contributed by atoms with Crippen molar-refractivity contribution < 1.29 is 14.3 Å². The zero-order valence-corrected chi connectivity index (χ0v) is 11.6. The first-order valence-corrected chi connectivity index (χ1v) is 6.41. The highest BCUT2D eigenvalue weighted by Gasteiger charge is 2.27. The lowest BCUT2D eigenvalue weighted by Crippen LogP contribution is -2.52. The van der Waals surface area contributed by atoms with Crippen LogP contribution in [0.5, 0.6) is 11.5 Å². The van der Waals surface area contributed by atoms with E-state index in [-0.39, 0.29) is 11.9 Å². The van der Waals surface area contributed by atoms with E-state index in [9.17, 15) is 4.79 Å². The number of nitrogens with one attached hydrogen (secondary N) is 1. The van der Waals surface area contributed by atoms with Crippen molar-refractivity contribution >= 4 is 5.91 Å². The third-order valence-corrected chi connectivity index (χ3v) is 3.40. The number of carbonyl (C=O) groups is 1. The molecule has 0 radical (unpaired) electrons. The Morgan fingerprint density at radius 2 is 2.16 bits per heavy atom. The molecule has 5 heteroatoms. The lowest BCUT2D eigenvalue weighted by molar-refractivity contribution is 0.0651. The van der Waals surface area contributed by atoms with Gasteiger partial charge in [-0.15, -0.1) is 0 Å². The predicted octanol–water partition coefficient (Wildman–Crippen LogP) is 1.14. The summed E-state index contributed by atoms with van der Waals surface area (Å²) in [5.41, 5.74) is 0.551. The van der Waals surface area contributed by atoms with Crippen molar-refractivity contribution in [2.24, 2.45) is 0 Å². The molecule has 2 rings (SSSR count). The third kappa shape index (κ3) is 2.66. The van der Waals surface area contributed by atoms with Crippen LogP contribution in [0, 0.1) is 0 Å². The van der Waals surface area contributed by atoms with Gasteiger partial charge in [0.1, 0.15) is 0 Å². The molecule has 0 aromatic heterocycles. The minimum absolute atomic E-state index is 0.00949. The van der Waals surface area contributed by atoms with E-state index in [1.165, 1.54) is 0 Å². The van der Waals surface area contributed by atoms with Crippen LogP contribution in [0.1, 0.15) is 17.3 Å². The number of carbonyl (C=O) groups excluding carboxylic acids is 1. The number of piperazine rings is 1. The van der Waals surface area contributed by atoms with Crippen molar-refractivity contribution in [3.63, 3.8) is 0 Å². The highest BCUT2D eigenvalue weighted by Crippen LogP contribution is 2.31. The van der Waals surface area contributed by atoms with E-state index >= 15 is 0 Å². The average molecular weight is 264 g/mol. The van der Waals surface area contributed by atoms with E-state index in [0.29, 0.717) is 23.6 Å². The molecule has 1 atom stereocenters. The number of methoxy groups -OCH3 is 2. The van der Waals surface area contributed by atoms with Gasteiger partial charge in [0.15, 0.2) is 11.5 Å². The van der Waals surface area contributed by atoms with E-state index in [0.717, 1.165) is 13.1 Å². The Bertz CT molecular complexity index is 462. The molecular weight excluding hydrogens is 244 g/mol. The summed E-state index contributed by atoms with van der Waals surface area (Å²) in [6.07, 6.45) is 0. The highest BCUT2D eigenvalue weighted by atomic mass is 16.5. The van der Waals surface area contributed by atoms with Gasteiger partial charge in [0, 0.05) is 25.7 Å². The van der Waals surface area contributed by atoms with Crippen LogP contribution >= 0.6 is 0 Å². The van der Waals surface area contributed by atoms with Gasteiger partial charge in [-0.05, 0) is 19.1 Å². The smallest absolute Gasteiger partial charge is 0.258 e. The first-order chi connectivity index (χ1) is 9.19. The summed E-state index contributed by atoms with van der Waals surface area (Å²) >= 11 is 0. The molecular formula is C14H20N2O3. The average Bonchev–Trinajstić information content (AvgIpc) is 2.46. The van der Waals surface area contributed by atoms with E-state index < -0.39 is 0 Å². The topological polar surface area (TPSA) is 50.8 Å². The first-order valence-electron chi connectivity index (χ1n) is 6.41. The van der Waals surface area contributed by atoms with Crippen molar-refractivity contribution in [3.05, 3.63) is 23.8 Å². The largest absolute Gasteiger partial charge is 0.493 e. The maximum absolute atomic E-state index is 12.6. The molecule has 1 aliphatic rings. The molecule has 1 N–H and O–H groups in total. The van der Waals surface area contributed by atoms with Gasteiger partial charge in [-0.3, -0.25) is 4.79 Å². The Balaban J connectivity index is 2.32. The second-order valence-corrected chi connectivity index (χ2v) is 4.59. The Kier molecular flexibility index (Phi) is 4.27. The van der Waals surface area contributed by atoms with Crippen LogP contribution in [0.4, 0.5) is 0 Å². The van der Waals surface area contributed by atoms with E-state index in [2.05, 4.69) is 5.32 Å². The second kappa shape index (κ2) is 5.93. The van der Waals surface area contributed by atoms with Crippen LogP contribution in [0.2, 0.25) is 0 Å². The van der Waals surface area contributed by atoms with Crippen molar-refractivity contribution in [2.75, 3.05) is 33.9 Å². The first kappa shape index (κ1) is 13.7. The molecule has 1 unspecified atom stereocenters. The molecule has 0 aliphatic carbocycles. The fourth-order valence-electron chi connectivity index (χ4n) is 2.35. The van der Waals surface area contributed by atoms with Crippen molar-refractivity contribution in [1.29, 1.82) is 0 Å². The van der Waals surface area contributed by atoms with Gasteiger partial charge in [0.25, 0.3) is 5.91 Å². The summed E-state index contributed by atoms with van der Waals surface area (Å²) in [5.74, 6) is 1.07. The van der Waals surface area contributed by atoms with Gasteiger partial charge in [0.05, 0.1) is 19.8 Å².